The number of amides is 1. The van der Waals surface area contributed by atoms with E-state index in [1.165, 1.54) is 6.07 Å². The first kappa shape index (κ1) is 19.4. The van der Waals surface area contributed by atoms with Crippen LogP contribution in [0, 0.1) is 5.82 Å². The second-order valence-electron chi connectivity index (χ2n) is 6.44. The predicted molar refractivity (Wildman–Crippen MR) is 100 cm³/mol. The third kappa shape index (κ3) is 5.03. The summed E-state index contributed by atoms with van der Waals surface area (Å²) in [6.07, 6.45) is 2.96. The number of hydrogen-bond donors (Lipinski definition) is 1. The molecule has 2 atom stereocenters. The van der Waals surface area contributed by atoms with E-state index in [-0.39, 0.29) is 36.2 Å². The van der Waals surface area contributed by atoms with Crippen LogP contribution < -0.4 is 5.73 Å². The molecule has 1 saturated heterocycles. The van der Waals surface area contributed by atoms with Gasteiger partial charge in [0.1, 0.15) is 5.82 Å². The number of benzene rings is 2. The topological polar surface area (TPSA) is 46.3 Å². The molecule has 0 saturated carbocycles. The smallest absolute Gasteiger partial charge is 0.224 e. The maximum Gasteiger partial charge on any atom is 0.224 e. The first-order chi connectivity index (χ1) is 11.6. The van der Waals surface area contributed by atoms with Crippen LogP contribution in [0.15, 0.2) is 54.6 Å². The number of rotatable bonds is 5. The van der Waals surface area contributed by atoms with Crippen molar-refractivity contribution in [1.82, 2.24) is 4.90 Å². The summed E-state index contributed by atoms with van der Waals surface area (Å²) in [5.74, 6) is -0.139. The average Bonchev–Trinajstić information content (AvgIpc) is 3.04. The van der Waals surface area contributed by atoms with Gasteiger partial charge < -0.3 is 10.6 Å². The summed E-state index contributed by atoms with van der Waals surface area (Å²) in [5.41, 5.74) is 8.10. The molecule has 1 aliphatic heterocycles. The lowest BCUT2D eigenvalue weighted by molar-refractivity contribution is -0.132. The van der Waals surface area contributed by atoms with Gasteiger partial charge in [0, 0.05) is 25.0 Å². The molecule has 25 heavy (non-hydrogen) atoms. The summed E-state index contributed by atoms with van der Waals surface area (Å²) < 4.78 is 13.4. The Bertz CT molecular complexity index is 695. The summed E-state index contributed by atoms with van der Waals surface area (Å²) in [6, 6.07) is 16.2. The Labute approximate surface area is 154 Å². The molecule has 2 aromatic rings. The van der Waals surface area contributed by atoms with E-state index in [1.54, 1.807) is 12.1 Å². The van der Waals surface area contributed by atoms with E-state index in [0.717, 1.165) is 30.5 Å². The molecular formula is C20H24ClFN2O. The van der Waals surface area contributed by atoms with Gasteiger partial charge in [-0.2, -0.15) is 0 Å². The van der Waals surface area contributed by atoms with Crippen molar-refractivity contribution in [3.05, 3.63) is 71.5 Å². The van der Waals surface area contributed by atoms with Crippen molar-refractivity contribution >= 4 is 18.3 Å². The Hall–Kier alpha value is -1.91. The van der Waals surface area contributed by atoms with E-state index in [2.05, 4.69) is 0 Å². The van der Waals surface area contributed by atoms with Crippen molar-refractivity contribution in [3.63, 3.8) is 0 Å². The number of carbonyl (C=O) groups is 1. The number of halogens is 2. The van der Waals surface area contributed by atoms with Crippen molar-refractivity contribution in [2.45, 2.75) is 37.8 Å². The molecular weight excluding hydrogens is 339 g/mol. The highest BCUT2D eigenvalue weighted by atomic mass is 35.5. The van der Waals surface area contributed by atoms with Gasteiger partial charge in [0.05, 0.1) is 0 Å². The summed E-state index contributed by atoms with van der Waals surface area (Å²) >= 11 is 0. The quantitative estimate of drug-likeness (QED) is 0.877. The Balaban J connectivity index is 0.00000225. The van der Waals surface area contributed by atoms with E-state index in [9.17, 15) is 9.18 Å². The minimum atomic E-state index is -0.283. The first-order valence-electron chi connectivity index (χ1n) is 8.48. The van der Waals surface area contributed by atoms with Crippen LogP contribution in [-0.4, -0.2) is 23.4 Å². The number of hydrogen-bond acceptors (Lipinski definition) is 2. The summed E-state index contributed by atoms with van der Waals surface area (Å²) in [5, 5.41) is 0. The highest BCUT2D eigenvalue weighted by Crippen LogP contribution is 2.24. The summed E-state index contributed by atoms with van der Waals surface area (Å²) in [6.45, 7) is 0.764. The van der Waals surface area contributed by atoms with Crippen LogP contribution in [0.5, 0.6) is 0 Å². The van der Waals surface area contributed by atoms with Gasteiger partial charge in [-0.1, -0.05) is 42.5 Å². The molecule has 3 nitrogen and oxygen atoms in total. The molecule has 1 heterocycles. The molecule has 0 aromatic heterocycles. The number of carbonyl (C=O) groups excluding carboxylic acids is 1. The van der Waals surface area contributed by atoms with Gasteiger partial charge in [0.15, 0.2) is 0 Å². The van der Waals surface area contributed by atoms with Crippen LogP contribution in [0.2, 0.25) is 0 Å². The fourth-order valence-electron chi connectivity index (χ4n) is 3.44. The van der Waals surface area contributed by atoms with Crippen LogP contribution >= 0.6 is 12.4 Å². The molecule has 0 bridgehead atoms. The second-order valence-corrected chi connectivity index (χ2v) is 6.44. The zero-order valence-electron chi connectivity index (χ0n) is 14.1. The van der Waals surface area contributed by atoms with Crippen LogP contribution in [0.1, 0.15) is 36.4 Å². The molecule has 0 radical (unpaired) electrons. The van der Waals surface area contributed by atoms with Gasteiger partial charge in [-0.25, -0.2) is 4.39 Å². The van der Waals surface area contributed by atoms with E-state index < -0.39 is 0 Å². The van der Waals surface area contributed by atoms with Gasteiger partial charge in [0.25, 0.3) is 0 Å². The van der Waals surface area contributed by atoms with Crippen molar-refractivity contribution in [3.8, 4) is 0 Å². The van der Waals surface area contributed by atoms with E-state index in [4.69, 9.17) is 5.73 Å². The van der Waals surface area contributed by atoms with Gasteiger partial charge in [-0.05, 0) is 42.5 Å². The normalized spacial score (nSPS) is 17.8. The number of nitrogens with two attached hydrogens (primary N) is 1. The van der Waals surface area contributed by atoms with Crippen molar-refractivity contribution in [2.75, 3.05) is 6.54 Å². The lowest BCUT2D eigenvalue weighted by atomic mass is 10.0. The first-order valence-corrected chi connectivity index (χ1v) is 8.48. The van der Waals surface area contributed by atoms with Gasteiger partial charge >= 0.3 is 0 Å². The maximum atomic E-state index is 13.4. The minimum Gasteiger partial charge on any atom is -0.339 e. The lowest BCUT2D eigenvalue weighted by Gasteiger charge is -2.26. The molecule has 5 heteroatoms. The zero-order chi connectivity index (χ0) is 16.9. The van der Waals surface area contributed by atoms with Crippen LogP contribution in [0.3, 0.4) is 0 Å². The number of nitrogens with zero attached hydrogens (tertiary/aromatic N) is 1. The Morgan fingerprint density at radius 3 is 2.68 bits per heavy atom. The lowest BCUT2D eigenvalue weighted by Crippen LogP contribution is -2.38. The molecule has 134 valence electrons. The SMILES string of the molecule is Cl.NC(CC(=O)N1CCCC1Cc1cccc(F)c1)c1ccccc1. The van der Waals surface area contributed by atoms with Crippen molar-refractivity contribution < 1.29 is 9.18 Å². The Kier molecular flexibility index (Phi) is 6.97. The summed E-state index contributed by atoms with van der Waals surface area (Å²) in [7, 11) is 0. The van der Waals surface area contributed by atoms with Crippen LogP contribution in [0.25, 0.3) is 0 Å². The fraction of sp³-hybridized carbons (Fsp3) is 0.350. The van der Waals surface area contributed by atoms with Crippen molar-refractivity contribution in [2.24, 2.45) is 5.73 Å². The molecule has 0 aliphatic carbocycles. The zero-order valence-corrected chi connectivity index (χ0v) is 14.9. The molecule has 1 fully saturated rings. The Morgan fingerprint density at radius 1 is 1.20 bits per heavy atom. The van der Waals surface area contributed by atoms with E-state index in [0.29, 0.717) is 12.8 Å². The van der Waals surface area contributed by atoms with Crippen molar-refractivity contribution in [1.29, 1.82) is 0 Å². The molecule has 1 amide bonds. The number of likely N-dealkylation sites (tertiary alicyclic amines) is 1. The maximum absolute atomic E-state index is 13.4. The standard InChI is InChI=1S/C20H23FN2O.ClH/c21-17-9-4-6-15(12-17)13-18-10-5-11-23(18)20(24)14-19(22)16-7-2-1-3-8-16;/h1-4,6-9,12,18-19H,5,10-11,13-14,22H2;1H. The molecule has 2 unspecified atom stereocenters. The van der Waals surface area contributed by atoms with Crippen LogP contribution in [-0.2, 0) is 11.2 Å². The monoisotopic (exact) mass is 362 g/mol. The minimum absolute atomic E-state index is 0. The summed E-state index contributed by atoms with van der Waals surface area (Å²) in [4.78, 5) is 14.6. The molecule has 2 aromatic carbocycles. The molecule has 1 aliphatic rings. The van der Waals surface area contributed by atoms with Gasteiger partial charge in [-0.15, -0.1) is 12.4 Å². The van der Waals surface area contributed by atoms with E-state index >= 15 is 0 Å². The Morgan fingerprint density at radius 2 is 1.96 bits per heavy atom. The second kappa shape index (κ2) is 8.97. The molecule has 2 N–H and O–H groups in total. The largest absolute Gasteiger partial charge is 0.339 e. The fourth-order valence-corrected chi connectivity index (χ4v) is 3.44. The van der Waals surface area contributed by atoms with Gasteiger partial charge in [0.2, 0.25) is 5.91 Å². The predicted octanol–water partition coefficient (Wildman–Crippen LogP) is 3.87. The highest BCUT2D eigenvalue weighted by Gasteiger charge is 2.29. The third-order valence-corrected chi connectivity index (χ3v) is 4.68. The average molecular weight is 363 g/mol. The van der Waals surface area contributed by atoms with Crippen LogP contribution in [0.4, 0.5) is 4.39 Å². The molecule has 0 spiro atoms. The van der Waals surface area contributed by atoms with Gasteiger partial charge in [-0.3, -0.25) is 4.79 Å². The van der Waals surface area contributed by atoms with E-state index in [1.807, 2.05) is 41.3 Å². The molecule has 3 rings (SSSR count). The third-order valence-electron chi connectivity index (χ3n) is 4.68. The highest BCUT2D eigenvalue weighted by molar-refractivity contribution is 5.85.